The zero-order valence-corrected chi connectivity index (χ0v) is 21.9. The predicted molar refractivity (Wildman–Crippen MR) is 144 cm³/mol. The molecule has 1 fully saturated rings. The lowest BCUT2D eigenvalue weighted by molar-refractivity contribution is -0.245. The number of nitrogens with one attached hydrogen (secondary N) is 1. The SMILES string of the molecule is Cn1cnnc1SC[C@@H]1C[C@H](c2ccc(CO)cc2)O[C@H](c2ccc(CNC(=O)c3ccccc3)cc2)O1. The van der Waals surface area contributed by atoms with Gasteiger partial charge in [-0.1, -0.05) is 78.5 Å². The molecule has 0 unspecified atom stereocenters. The number of aromatic nitrogens is 3. The van der Waals surface area contributed by atoms with Crippen molar-refractivity contribution in [3.63, 3.8) is 0 Å². The van der Waals surface area contributed by atoms with E-state index in [0.29, 0.717) is 24.3 Å². The first-order valence-electron chi connectivity index (χ1n) is 12.5. The molecule has 2 N–H and O–H groups in total. The summed E-state index contributed by atoms with van der Waals surface area (Å²) in [7, 11) is 1.92. The first kappa shape index (κ1) is 26.1. The van der Waals surface area contributed by atoms with E-state index >= 15 is 0 Å². The van der Waals surface area contributed by atoms with E-state index in [1.807, 2.05) is 78.3 Å². The van der Waals surface area contributed by atoms with Gasteiger partial charge in [-0.25, -0.2) is 0 Å². The standard InChI is InChI=1S/C29H30N4O4S/c1-33-19-31-32-29(33)38-18-25-15-26(22-11-9-21(17-34)10-12-22)37-28(36-25)24-13-7-20(8-14-24)16-30-27(35)23-5-3-2-4-6-23/h2-14,19,25-26,28,34H,15-18H2,1H3,(H,30,35)/t25-,26+,28+/m0/s1. The second kappa shape index (κ2) is 12.4. The first-order valence-corrected chi connectivity index (χ1v) is 13.5. The Bertz CT molecular complexity index is 1330. The Morgan fingerprint density at radius 1 is 1.00 bits per heavy atom. The smallest absolute Gasteiger partial charge is 0.251 e. The molecular formula is C29H30N4O4S. The monoisotopic (exact) mass is 530 g/mol. The number of carbonyl (C=O) groups excluding carboxylic acids is 1. The van der Waals surface area contributed by atoms with Crippen LogP contribution in [0.3, 0.4) is 0 Å². The van der Waals surface area contributed by atoms with Gasteiger partial charge in [0.05, 0.1) is 18.8 Å². The van der Waals surface area contributed by atoms with Crippen LogP contribution in [0.4, 0.5) is 0 Å². The molecule has 1 saturated heterocycles. The molecule has 4 aromatic rings. The number of hydrogen-bond donors (Lipinski definition) is 2. The minimum Gasteiger partial charge on any atom is -0.392 e. The highest BCUT2D eigenvalue weighted by Gasteiger charge is 2.32. The van der Waals surface area contributed by atoms with E-state index in [-0.39, 0.29) is 24.7 Å². The van der Waals surface area contributed by atoms with Gasteiger partial charge in [-0.2, -0.15) is 0 Å². The van der Waals surface area contributed by atoms with Crippen LogP contribution in [0.5, 0.6) is 0 Å². The van der Waals surface area contributed by atoms with Gasteiger partial charge < -0.3 is 24.5 Å². The topological polar surface area (TPSA) is 98.5 Å². The van der Waals surface area contributed by atoms with Crippen molar-refractivity contribution in [2.45, 2.75) is 43.2 Å². The van der Waals surface area contributed by atoms with Crippen LogP contribution < -0.4 is 5.32 Å². The lowest BCUT2D eigenvalue weighted by Crippen LogP contribution is -2.31. The van der Waals surface area contributed by atoms with E-state index in [0.717, 1.165) is 27.4 Å². The molecule has 1 aliphatic heterocycles. The molecule has 0 radical (unpaired) electrons. The number of hydrogen-bond acceptors (Lipinski definition) is 7. The van der Waals surface area contributed by atoms with Gasteiger partial charge in [0.2, 0.25) is 0 Å². The highest BCUT2D eigenvalue weighted by Crippen LogP contribution is 2.39. The number of thioether (sulfide) groups is 1. The average Bonchev–Trinajstić information content (AvgIpc) is 3.39. The van der Waals surface area contributed by atoms with Gasteiger partial charge in [0.25, 0.3) is 5.91 Å². The summed E-state index contributed by atoms with van der Waals surface area (Å²) in [6.45, 7) is 0.434. The van der Waals surface area contributed by atoms with Gasteiger partial charge in [-0.05, 0) is 28.8 Å². The number of amides is 1. The zero-order valence-electron chi connectivity index (χ0n) is 21.1. The van der Waals surface area contributed by atoms with E-state index in [9.17, 15) is 9.90 Å². The summed E-state index contributed by atoms with van der Waals surface area (Å²) in [6.07, 6.45) is 1.62. The fraction of sp³-hybridized carbons (Fsp3) is 0.276. The van der Waals surface area contributed by atoms with Gasteiger partial charge >= 0.3 is 0 Å². The summed E-state index contributed by atoms with van der Waals surface area (Å²) >= 11 is 1.61. The lowest BCUT2D eigenvalue weighted by atomic mass is 10.0. The third kappa shape index (κ3) is 6.49. The van der Waals surface area contributed by atoms with Crippen LogP contribution in [-0.2, 0) is 29.7 Å². The molecule has 5 rings (SSSR count). The number of aliphatic hydroxyl groups is 1. The Labute approximate surface area is 226 Å². The van der Waals surface area contributed by atoms with Gasteiger partial charge in [0.1, 0.15) is 6.33 Å². The molecule has 38 heavy (non-hydrogen) atoms. The Morgan fingerprint density at radius 2 is 1.71 bits per heavy atom. The normalized spacial score (nSPS) is 19.3. The van der Waals surface area contributed by atoms with E-state index in [1.54, 1.807) is 30.2 Å². The van der Waals surface area contributed by atoms with Crippen molar-refractivity contribution in [3.05, 3.63) is 113 Å². The quantitative estimate of drug-likeness (QED) is 0.306. The van der Waals surface area contributed by atoms with Crippen LogP contribution in [0.15, 0.2) is 90.3 Å². The summed E-state index contributed by atoms with van der Waals surface area (Å²) in [6, 6.07) is 25.0. The molecule has 1 aromatic heterocycles. The van der Waals surface area contributed by atoms with Gasteiger partial charge in [-0.15, -0.1) is 10.2 Å². The lowest BCUT2D eigenvalue weighted by Gasteiger charge is -2.36. The fourth-order valence-electron chi connectivity index (χ4n) is 4.26. The van der Waals surface area contributed by atoms with E-state index in [4.69, 9.17) is 9.47 Å². The van der Waals surface area contributed by atoms with Crippen molar-refractivity contribution in [1.82, 2.24) is 20.1 Å². The molecule has 0 bridgehead atoms. The summed E-state index contributed by atoms with van der Waals surface area (Å²) < 4.78 is 14.7. The Kier molecular flexibility index (Phi) is 8.50. The van der Waals surface area contributed by atoms with Crippen LogP contribution >= 0.6 is 11.8 Å². The predicted octanol–water partition coefficient (Wildman–Crippen LogP) is 4.58. The van der Waals surface area contributed by atoms with Crippen molar-refractivity contribution >= 4 is 17.7 Å². The van der Waals surface area contributed by atoms with E-state index in [2.05, 4.69) is 15.5 Å². The number of benzene rings is 3. The molecule has 8 nitrogen and oxygen atoms in total. The fourth-order valence-corrected chi connectivity index (χ4v) is 5.17. The Hall–Kier alpha value is -3.50. The molecule has 1 amide bonds. The second-order valence-corrected chi connectivity index (χ2v) is 10.2. The molecule has 196 valence electrons. The Balaban J connectivity index is 1.27. The molecular weight excluding hydrogens is 500 g/mol. The number of ether oxygens (including phenoxy) is 2. The van der Waals surface area contributed by atoms with Crippen molar-refractivity contribution in [3.8, 4) is 0 Å². The average molecular weight is 531 g/mol. The Morgan fingerprint density at radius 3 is 2.39 bits per heavy atom. The maximum Gasteiger partial charge on any atom is 0.251 e. The van der Waals surface area contributed by atoms with Crippen LogP contribution in [0.1, 0.15) is 51.4 Å². The number of aryl methyl sites for hydroxylation is 1. The van der Waals surface area contributed by atoms with Crippen LogP contribution in [0.2, 0.25) is 0 Å². The summed E-state index contributed by atoms with van der Waals surface area (Å²) in [5, 5.41) is 21.3. The van der Waals surface area contributed by atoms with Crippen LogP contribution in [0.25, 0.3) is 0 Å². The third-order valence-corrected chi connectivity index (χ3v) is 7.59. The van der Waals surface area contributed by atoms with Crippen LogP contribution in [0, 0.1) is 0 Å². The second-order valence-electron chi connectivity index (χ2n) is 9.18. The highest BCUT2D eigenvalue weighted by atomic mass is 32.2. The molecule has 0 saturated carbocycles. The van der Waals surface area contributed by atoms with Gasteiger partial charge in [0, 0.05) is 36.9 Å². The number of aliphatic hydroxyl groups excluding tert-OH is 1. The third-order valence-electron chi connectivity index (χ3n) is 6.42. The largest absolute Gasteiger partial charge is 0.392 e. The minimum absolute atomic E-state index is 0.00660. The zero-order chi connectivity index (χ0) is 26.3. The first-order chi connectivity index (χ1) is 18.6. The van der Waals surface area contributed by atoms with Crippen molar-refractivity contribution in [2.24, 2.45) is 7.05 Å². The maximum atomic E-state index is 12.4. The van der Waals surface area contributed by atoms with Crippen molar-refractivity contribution < 1.29 is 19.4 Å². The minimum atomic E-state index is -0.538. The summed E-state index contributed by atoms with van der Waals surface area (Å²) in [4.78, 5) is 12.4. The molecule has 0 spiro atoms. The van der Waals surface area contributed by atoms with Crippen molar-refractivity contribution in [2.75, 3.05) is 5.75 Å². The van der Waals surface area contributed by atoms with Crippen LogP contribution in [-0.4, -0.2) is 37.6 Å². The maximum absolute atomic E-state index is 12.4. The number of carbonyl (C=O) groups is 1. The molecule has 1 aliphatic rings. The van der Waals surface area contributed by atoms with E-state index in [1.165, 1.54) is 0 Å². The van der Waals surface area contributed by atoms with E-state index < -0.39 is 6.29 Å². The van der Waals surface area contributed by atoms with Gasteiger partial charge in [0.15, 0.2) is 11.4 Å². The molecule has 9 heteroatoms. The number of nitrogens with zero attached hydrogens (tertiary/aromatic N) is 3. The molecule has 3 aromatic carbocycles. The molecule has 0 aliphatic carbocycles. The highest BCUT2D eigenvalue weighted by molar-refractivity contribution is 7.99. The summed E-state index contributed by atoms with van der Waals surface area (Å²) in [5.41, 5.74) is 4.44. The molecule has 3 atom stereocenters. The summed E-state index contributed by atoms with van der Waals surface area (Å²) in [5.74, 6) is 0.605. The molecule has 2 heterocycles. The van der Waals surface area contributed by atoms with Crippen molar-refractivity contribution in [1.29, 1.82) is 0 Å². The number of rotatable bonds is 9. The van der Waals surface area contributed by atoms with Gasteiger partial charge in [-0.3, -0.25) is 4.79 Å².